The molecule has 98 valence electrons. The zero-order valence-electron chi connectivity index (χ0n) is 10.6. The number of benzene rings is 1. The molecule has 1 amide bonds. The van der Waals surface area contributed by atoms with Crippen molar-refractivity contribution >= 4 is 11.8 Å². The molecule has 18 heavy (non-hydrogen) atoms. The first-order chi connectivity index (χ1) is 8.28. The monoisotopic (exact) mass is 253 g/mol. The molecule has 1 unspecified atom stereocenters. The summed E-state index contributed by atoms with van der Waals surface area (Å²) in [6.45, 7) is 5.25. The minimum atomic E-state index is -1.00. The van der Waals surface area contributed by atoms with Crippen molar-refractivity contribution in [3.63, 3.8) is 0 Å². The smallest absolute Gasteiger partial charge is 0.416 e. The number of fused-ring (bicyclic) bond motifs is 1. The molecular weight excluding hydrogens is 237 g/mol. The molecule has 0 fully saturated rings. The van der Waals surface area contributed by atoms with Crippen LogP contribution in [0.15, 0.2) is 18.2 Å². The third kappa shape index (κ3) is 2.46. The maximum absolute atomic E-state index is 13.1. The Bertz CT molecular complexity index is 482. The first-order valence-electron chi connectivity index (χ1n) is 5.76. The van der Waals surface area contributed by atoms with Gasteiger partial charge in [0.25, 0.3) is 0 Å². The second-order valence-electron chi connectivity index (χ2n) is 5.31. The van der Waals surface area contributed by atoms with Crippen LogP contribution < -0.4 is 4.90 Å². The molecule has 4 nitrogen and oxygen atoms in total. The molecule has 0 radical (unpaired) electrons. The van der Waals surface area contributed by atoms with Gasteiger partial charge in [0, 0.05) is 6.42 Å². The van der Waals surface area contributed by atoms with Crippen LogP contribution in [0.25, 0.3) is 0 Å². The maximum atomic E-state index is 13.1. The first kappa shape index (κ1) is 12.8. The highest BCUT2D eigenvalue weighted by atomic mass is 19.1. The van der Waals surface area contributed by atoms with Gasteiger partial charge >= 0.3 is 6.09 Å². The molecule has 0 bridgehead atoms. The van der Waals surface area contributed by atoms with E-state index in [1.807, 2.05) is 0 Å². The van der Waals surface area contributed by atoms with E-state index in [0.717, 1.165) is 4.90 Å². The van der Waals surface area contributed by atoms with Crippen LogP contribution in [0.3, 0.4) is 0 Å². The first-order valence-corrected chi connectivity index (χ1v) is 5.76. The van der Waals surface area contributed by atoms with Crippen molar-refractivity contribution in [1.82, 2.24) is 0 Å². The molecular formula is C13H16FNO3. The van der Waals surface area contributed by atoms with Gasteiger partial charge in [-0.25, -0.2) is 9.18 Å². The number of nitrogens with zero attached hydrogens (tertiary/aromatic N) is 1. The SMILES string of the molecule is CC(C)(C)OC(=O)N1c2ccc(F)cc2CC1O. The van der Waals surface area contributed by atoms with Crippen LogP contribution in [0, 0.1) is 5.82 Å². The summed E-state index contributed by atoms with van der Waals surface area (Å²) in [5, 5.41) is 9.87. The standard InChI is InChI=1S/C13H16FNO3/c1-13(2,3)18-12(17)15-10-5-4-9(14)6-8(10)7-11(15)16/h4-6,11,16H,7H2,1-3H3. The summed E-state index contributed by atoms with van der Waals surface area (Å²) in [6.07, 6.45) is -1.41. The van der Waals surface area contributed by atoms with E-state index in [1.165, 1.54) is 18.2 Å². The van der Waals surface area contributed by atoms with Crippen molar-refractivity contribution in [2.75, 3.05) is 4.90 Å². The maximum Gasteiger partial charge on any atom is 0.416 e. The van der Waals surface area contributed by atoms with Crippen molar-refractivity contribution in [3.8, 4) is 0 Å². The van der Waals surface area contributed by atoms with Crippen LogP contribution in [0.5, 0.6) is 0 Å². The molecule has 0 spiro atoms. The zero-order chi connectivity index (χ0) is 13.5. The van der Waals surface area contributed by atoms with Gasteiger partial charge in [0.05, 0.1) is 5.69 Å². The summed E-state index contributed by atoms with van der Waals surface area (Å²) in [5.74, 6) is -0.382. The lowest BCUT2D eigenvalue weighted by Crippen LogP contribution is -2.41. The van der Waals surface area contributed by atoms with Gasteiger partial charge < -0.3 is 9.84 Å². The van der Waals surface area contributed by atoms with Crippen molar-refractivity contribution in [2.45, 2.75) is 39.0 Å². The van der Waals surface area contributed by atoms with Gasteiger partial charge in [-0.2, -0.15) is 0 Å². The molecule has 1 aromatic carbocycles. The molecule has 0 saturated carbocycles. The molecule has 5 heteroatoms. The average molecular weight is 253 g/mol. The number of amides is 1. The predicted molar refractivity (Wildman–Crippen MR) is 64.8 cm³/mol. The Kier molecular flexibility index (Phi) is 3.02. The number of hydrogen-bond acceptors (Lipinski definition) is 3. The van der Waals surface area contributed by atoms with Crippen LogP contribution in [0.2, 0.25) is 0 Å². The van der Waals surface area contributed by atoms with Gasteiger partial charge in [-0.1, -0.05) is 0 Å². The number of ether oxygens (including phenoxy) is 1. The molecule has 1 aliphatic heterocycles. The highest BCUT2D eigenvalue weighted by Gasteiger charge is 2.35. The Balaban J connectivity index is 2.28. The van der Waals surface area contributed by atoms with Gasteiger partial charge in [0.2, 0.25) is 0 Å². The van der Waals surface area contributed by atoms with Crippen LogP contribution in [0.4, 0.5) is 14.9 Å². The van der Waals surface area contributed by atoms with Gasteiger partial charge in [0.1, 0.15) is 17.6 Å². The average Bonchev–Trinajstić information content (AvgIpc) is 2.50. The number of hydrogen-bond donors (Lipinski definition) is 1. The van der Waals surface area contributed by atoms with Crippen molar-refractivity contribution in [2.24, 2.45) is 0 Å². The van der Waals surface area contributed by atoms with Gasteiger partial charge in [0.15, 0.2) is 0 Å². The summed E-state index contributed by atoms with van der Waals surface area (Å²) >= 11 is 0. The van der Waals surface area contributed by atoms with Crippen molar-refractivity contribution < 1.29 is 19.0 Å². The second-order valence-corrected chi connectivity index (χ2v) is 5.31. The van der Waals surface area contributed by atoms with Crippen molar-refractivity contribution in [3.05, 3.63) is 29.6 Å². The lowest BCUT2D eigenvalue weighted by atomic mass is 10.1. The molecule has 0 aromatic heterocycles. The zero-order valence-corrected chi connectivity index (χ0v) is 10.6. The normalized spacial score (nSPS) is 18.7. The lowest BCUT2D eigenvalue weighted by molar-refractivity contribution is 0.0490. The Morgan fingerprint density at radius 3 is 2.78 bits per heavy atom. The lowest BCUT2D eigenvalue weighted by Gasteiger charge is -2.26. The highest BCUT2D eigenvalue weighted by molar-refractivity contribution is 5.91. The quantitative estimate of drug-likeness (QED) is 0.772. The summed E-state index contributed by atoms with van der Waals surface area (Å²) in [5.41, 5.74) is 0.464. The van der Waals surface area contributed by atoms with E-state index in [0.29, 0.717) is 11.3 Å². The van der Waals surface area contributed by atoms with E-state index < -0.39 is 17.9 Å². The molecule has 0 aliphatic carbocycles. The third-order valence-corrected chi connectivity index (χ3v) is 2.59. The topological polar surface area (TPSA) is 49.8 Å². The Morgan fingerprint density at radius 1 is 1.50 bits per heavy atom. The minimum Gasteiger partial charge on any atom is -0.443 e. The number of carbonyl (C=O) groups is 1. The van der Waals surface area contributed by atoms with Gasteiger partial charge in [-0.3, -0.25) is 4.90 Å². The summed E-state index contributed by atoms with van der Waals surface area (Å²) in [4.78, 5) is 13.1. The number of anilines is 1. The molecule has 2 rings (SSSR count). The minimum absolute atomic E-state index is 0.215. The number of carbonyl (C=O) groups excluding carboxylic acids is 1. The van der Waals surface area contributed by atoms with Crippen molar-refractivity contribution in [1.29, 1.82) is 0 Å². The molecule has 1 atom stereocenters. The van der Waals surface area contributed by atoms with Crippen LogP contribution in [0.1, 0.15) is 26.3 Å². The van der Waals surface area contributed by atoms with E-state index in [1.54, 1.807) is 20.8 Å². The summed E-state index contributed by atoms with van der Waals surface area (Å²) < 4.78 is 18.3. The second kappa shape index (κ2) is 4.24. The van der Waals surface area contributed by atoms with E-state index in [2.05, 4.69) is 0 Å². The number of halogens is 1. The predicted octanol–water partition coefficient (Wildman–Crippen LogP) is 2.44. The van der Waals surface area contributed by atoms with Gasteiger partial charge in [-0.15, -0.1) is 0 Å². The van der Waals surface area contributed by atoms with Crippen LogP contribution >= 0.6 is 0 Å². The van der Waals surface area contributed by atoms with Crippen LogP contribution in [-0.4, -0.2) is 23.0 Å². The van der Waals surface area contributed by atoms with E-state index in [9.17, 15) is 14.3 Å². The fraction of sp³-hybridized carbons (Fsp3) is 0.462. The van der Waals surface area contributed by atoms with E-state index in [-0.39, 0.29) is 12.2 Å². The summed E-state index contributed by atoms with van der Waals surface area (Å²) in [7, 11) is 0. The van der Waals surface area contributed by atoms with Gasteiger partial charge in [-0.05, 0) is 44.5 Å². The highest BCUT2D eigenvalue weighted by Crippen LogP contribution is 2.32. The Hall–Kier alpha value is -1.62. The van der Waals surface area contributed by atoms with E-state index in [4.69, 9.17) is 4.74 Å². The number of aliphatic hydroxyl groups excluding tert-OH is 1. The molecule has 1 aromatic rings. The Labute approximate surface area is 105 Å². The number of aliphatic hydroxyl groups is 1. The summed E-state index contributed by atoms with van der Waals surface area (Å²) in [6, 6.07) is 4.06. The number of rotatable bonds is 0. The largest absolute Gasteiger partial charge is 0.443 e. The van der Waals surface area contributed by atoms with Crippen LogP contribution in [-0.2, 0) is 11.2 Å². The molecule has 1 heterocycles. The Morgan fingerprint density at radius 2 is 2.17 bits per heavy atom. The third-order valence-electron chi connectivity index (χ3n) is 2.59. The molecule has 0 saturated heterocycles. The van der Waals surface area contributed by atoms with E-state index >= 15 is 0 Å². The molecule has 1 N–H and O–H groups in total. The fourth-order valence-corrected chi connectivity index (χ4v) is 1.93. The molecule has 1 aliphatic rings. The fourth-order valence-electron chi connectivity index (χ4n) is 1.93.